The summed E-state index contributed by atoms with van der Waals surface area (Å²) in [6.45, 7) is 4.19. The lowest BCUT2D eigenvalue weighted by atomic mass is 10.2. The Bertz CT molecular complexity index is 396. The summed E-state index contributed by atoms with van der Waals surface area (Å²) >= 11 is 5.85. The molecule has 0 aliphatic rings. The molecule has 5 heteroatoms. The van der Waals surface area contributed by atoms with Crippen molar-refractivity contribution < 1.29 is 14.6 Å². The first-order chi connectivity index (χ1) is 8.65. The lowest BCUT2D eigenvalue weighted by molar-refractivity contribution is 0.0697. The van der Waals surface area contributed by atoms with Gasteiger partial charge < -0.3 is 15.2 Å². The number of hydrogen-bond acceptors (Lipinski definition) is 3. The van der Waals surface area contributed by atoms with Gasteiger partial charge >= 0.3 is 5.97 Å². The predicted molar refractivity (Wildman–Crippen MR) is 72.6 cm³/mol. The van der Waals surface area contributed by atoms with Crippen molar-refractivity contribution in [2.75, 3.05) is 25.1 Å². The number of carboxylic acid groups (broad SMARTS) is 1. The highest BCUT2D eigenvalue weighted by Gasteiger charge is 2.08. The van der Waals surface area contributed by atoms with Crippen molar-refractivity contribution in [2.45, 2.75) is 19.8 Å². The Morgan fingerprint density at radius 1 is 1.44 bits per heavy atom. The maximum Gasteiger partial charge on any atom is 0.337 e. The first-order valence-electron chi connectivity index (χ1n) is 5.99. The number of ether oxygens (including phenoxy) is 1. The number of rotatable bonds is 8. The summed E-state index contributed by atoms with van der Waals surface area (Å²) < 4.78 is 5.40. The molecular weight excluding hydrogens is 254 g/mol. The standard InChI is InChI=1S/C13H18ClNO3/c1-2-3-7-18-8-6-15-10-4-5-11(13(16)17)12(14)9-10/h4-5,9,15H,2-3,6-8H2,1H3,(H,16,17). The number of carbonyl (C=O) groups is 1. The first-order valence-corrected chi connectivity index (χ1v) is 6.37. The van der Waals surface area contributed by atoms with Gasteiger partial charge in [-0.1, -0.05) is 24.9 Å². The highest BCUT2D eigenvalue weighted by atomic mass is 35.5. The van der Waals surface area contributed by atoms with Crippen LogP contribution in [0.1, 0.15) is 30.1 Å². The number of halogens is 1. The molecule has 0 unspecified atom stereocenters. The van der Waals surface area contributed by atoms with E-state index in [4.69, 9.17) is 21.4 Å². The van der Waals surface area contributed by atoms with Gasteiger partial charge in [-0.05, 0) is 24.6 Å². The van der Waals surface area contributed by atoms with E-state index in [0.717, 1.165) is 25.1 Å². The number of carboxylic acids is 1. The molecule has 0 aliphatic carbocycles. The van der Waals surface area contributed by atoms with Crippen molar-refractivity contribution in [3.8, 4) is 0 Å². The van der Waals surface area contributed by atoms with Crippen molar-refractivity contribution in [1.29, 1.82) is 0 Å². The van der Waals surface area contributed by atoms with E-state index < -0.39 is 5.97 Å². The zero-order valence-corrected chi connectivity index (χ0v) is 11.2. The molecule has 0 atom stereocenters. The van der Waals surface area contributed by atoms with Crippen LogP contribution in [0.5, 0.6) is 0 Å². The molecule has 1 aromatic carbocycles. The van der Waals surface area contributed by atoms with Crippen molar-refractivity contribution in [3.05, 3.63) is 28.8 Å². The molecule has 0 spiro atoms. The fraction of sp³-hybridized carbons (Fsp3) is 0.462. The summed E-state index contributed by atoms with van der Waals surface area (Å²) in [5.74, 6) is -1.02. The Labute approximate surface area is 112 Å². The van der Waals surface area contributed by atoms with E-state index >= 15 is 0 Å². The Kier molecular flexibility index (Phi) is 6.54. The van der Waals surface area contributed by atoms with Gasteiger partial charge in [0.2, 0.25) is 0 Å². The minimum Gasteiger partial charge on any atom is -0.478 e. The predicted octanol–water partition coefficient (Wildman–Crippen LogP) is 3.27. The summed E-state index contributed by atoms with van der Waals surface area (Å²) in [7, 11) is 0. The van der Waals surface area contributed by atoms with Crippen LogP contribution in [0.4, 0.5) is 5.69 Å². The zero-order valence-electron chi connectivity index (χ0n) is 10.4. The van der Waals surface area contributed by atoms with Gasteiger partial charge in [-0.25, -0.2) is 4.79 Å². The summed E-state index contributed by atoms with van der Waals surface area (Å²) in [6.07, 6.45) is 2.19. The average molecular weight is 272 g/mol. The number of unbranched alkanes of at least 4 members (excludes halogenated alkanes) is 1. The molecule has 0 aromatic heterocycles. The fourth-order valence-electron chi connectivity index (χ4n) is 1.41. The van der Waals surface area contributed by atoms with E-state index in [9.17, 15) is 4.79 Å². The Hall–Kier alpha value is -1.26. The fourth-order valence-corrected chi connectivity index (χ4v) is 1.68. The summed E-state index contributed by atoms with van der Waals surface area (Å²) in [6, 6.07) is 4.80. The van der Waals surface area contributed by atoms with Crippen molar-refractivity contribution in [2.24, 2.45) is 0 Å². The summed E-state index contributed by atoms with van der Waals surface area (Å²) in [4.78, 5) is 10.8. The van der Waals surface area contributed by atoms with Crippen LogP contribution in [0.15, 0.2) is 18.2 Å². The van der Waals surface area contributed by atoms with Gasteiger partial charge in [-0.2, -0.15) is 0 Å². The second-order valence-electron chi connectivity index (χ2n) is 3.89. The topological polar surface area (TPSA) is 58.6 Å². The van der Waals surface area contributed by atoms with Gasteiger partial charge in [0.25, 0.3) is 0 Å². The van der Waals surface area contributed by atoms with Gasteiger partial charge in [-0.3, -0.25) is 0 Å². The normalized spacial score (nSPS) is 10.3. The Morgan fingerprint density at radius 3 is 2.83 bits per heavy atom. The summed E-state index contributed by atoms with van der Waals surface area (Å²) in [5.41, 5.74) is 0.908. The van der Waals surface area contributed by atoms with Crippen LogP contribution in [-0.2, 0) is 4.74 Å². The molecule has 0 radical (unpaired) electrons. The lowest BCUT2D eigenvalue weighted by Gasteiger charge is -2.08. The van der Waals surface area contributed by atoms with Crippen LogP contribution in [0.2, 0.25) is 5.02 Å². The van der Waals surface area contributed by atoms with Crippen molar-refractivity contribution in [3.63, 3.8) is 0 Å². The van der Waals surface area contributed by atoms with Gasteiger partial charge in [0.05, 0.1) is 17.2 Å². The third-order valence-corrected chi connectivity index (χ3v) is 2.73. The maximum atomic E-state index is 10.8. The molecule has 0 heterocycles. The second-order valence-corrected chi connectivity index (χ2v) is 4.30. The SMILES string of the molecule is CCCCOCCNc1ccc(C(=O)O)c(Cl)c1. The molecule has 18 heavy (non-hydrogen) atoms. The molecule has 0 aliphatic heterocycles. The van der Waals surface area contributed by atoms with E-state index in [2.05, 4.69) is 12.2 Å². The van der Waals surface area contributed by atoms with Crippen LogP contribution >= 0.6 is 11.6 Å². The molecule has 4 nitrogen and oxygen atoms in total. The molecular formula is C13H18ClNO3. The number of hydrogen-bond donors (Lipinski definition) is 2. The Balaban J connectivity index is 2.35. The minimum absolute atomic E-state index is 0.112. The molecule has 1 rings (SSSR count). The number of nitrogens with one attached hydrogen (secondary N) is 1. The second kappa shape index (κ2) is 7.95. The molecule has 0 fully saturated rings. The number of benzene rings is 1. The first kappa shape index (κ1) is 14.8. The quantitative estimate of drug-likeness (QED) is 0.713. The summed E-state index contributed by atoms with van der Waals surface area (Å²) in [5, 5.41) is 12.2. The maximum absolute atomic E-state index is 10.8. The highest BCUT2D eigenvalue weighted by molar-refractivity contribution is 6.33. The van der Waals surface area contributed by atoms with Crippen LogP contribution in [0.3, 0.4) is 0 Å². The van der Waals surface area contributed by atoms with Gasteiger partial charge in [0.1, 0.15) is 0 Å². The third-order valence-electron chi connectivity index (χ3n) is 2.42. The third kappa shape index (κ3) is 4.94. The van der Waals surface area contributed by atoms with E-state index in [1.165, 1.54) is 6.07 Å². The van der Waals surface area contributed by atoms with Crippen LogP contribution < -0.4 is 5.32 Å². The largest absolute Gasteiger partial charge is 0.478 e. The molecule has 0 saturated heterocycles. The van der Waals surface area contributed by atoms with E-state index in [1.807, 2.05) is 0 Å². The highest BCUT2D eigenvalue weighted by Crippen LogP contribution is 2.20. The van der Waals surface area contributed by atoms with E-state index in [1.54, 1.807) is 12.1 Å². The van der Waals surface area contributed by atoms with Crippen LogP contribution in [-0.4, -0.2) is 30.8 Å². The van der Waals surface area contributed by atoms with Gasteiger partial charge in [0.15, 0.2) is 0 Å². The molecule has 100 valence electrons. The van der Waals surface area contributed by atoms with Crippen molar-refractivity contribution >= 4 is 23.3 Å². The van der Waals surface area contributed by atoms with E-state index in [0.29, 0.717) is 13.2 Å². The zero-order chi connectivity index (χ0) is 13.4. The van der Waals surface area contributed by atoms with Gasteiger partial charge in [-0.15, -0.1) is 0 Å². The molecule has 1 aromatic rings. The van der Waals surface area contributed by atoms with Crippen molar-refractivity contribution in [1.82, 2.24) is 0 Å². The number of aromatic carboxylic acids is 1. The molecule has 0 amide bonds. The number of anilines is 1. The Morgan fingerprint density at radius 2 is 2.22 bits per heavy atom. The van der Waals surface area contributed by atoms with Gasteiger partial charge in [0, 0.05) is 18.8 Å². The average Bonchev–Trinajstić information content (AvgIpc) is 2.33. The molecule has 0 saturated carbocycles. The monoisotopic (exact) mass is 271 g/mol. The van der Waals surface area contributed by atoms with Crippen LogP contribution in [0, 0.1) is 0 Å². The molecule has 0 bridgehead atoms. The minimum atomic E-state index is -1.02. The molecule has 2 N–H and O–H groups in total. The lowest BCUT2D eigenvalue weighted by Crippen LogP contribution is -2.10. The smallest absolute Gasteiger partial charge is 0.337 e. The van der Waals surface area contributed by atoms with E-state index in [-0.39, 0.29) is 10.6 Å². The van der Waals surface area contributed by atoms with Crippen LogP contribution in [0.25, 0.3) is 0 Å².